The van der Waals surface area contributed by atoms with Gasteiger partial charge in [0.15, 0.2) is 0 Å². The van der Waals surface area contributed by atoms with Crippen LogP contribution in [0.2, 0.25) is 0 Å². The lowest BCUT2D eigenvalue weighted by molar-refractivity contribution is 0.284. The Bertz CT molecular complexity index is 370. The quantitative estimate of drug-likeness (QED) is 0.849. The van der Waals surface area contributed by atoms with Gasteiger partial charge < -0.3 is 15.2 Å². The standard InChI is InChI=1S/C12H17NO2S/c1-8-11(5-6-14)16-12-7-9(15-2)3-4-10(12)13-8/h3-4,7-8,11,13-14H,5-6H2,1-2H3. The first kappa shape index (κ1) is 11.6. The average molecular weight is 239 g/mol. The second kappa shape index (κ2) is 4.97. The van der Waals surface area contributed by atoms with Crippen molar-refractivity contribution in [2.24, 2.45) is 0 Å². The normalized spacial score (nSPS) is 23.4. The van der Waals surface area contributed by atoms with Crippen LogP contribution >= 0.6 is 11.8 Å². The molecule has 2 N–H and O–H groups in total. The lowest BCUT2D eigenvalue weighted by atomic mass is 10.1. The van der Waals surface area contributed by atoms with Crippen molar-refractivity contribution in [1.82, 2.24) is 0 Å². The minimum atomic E-state index is 0.239. The topological polar surface area (TPSA) is 41.5 Å². The van der Waals surface area contributed by atoms with Gasteiger partial charge in [-0.05, 0) is 31.5 Å². The molecule has 2 rings (SSSR count). The number of anilines is 1. The van der Waals surface area contributed by atoms with E-state index in [9.17, 15) is 0 Å². The summed E-state index contributed by atoms with van der Waals surface area (Å²) in [5.41, 5.74) is 1.16. The maximum Gasteiger partial charge on any atom is 0.120 e. The van der Waals surface area contributed by atoms with Crippen LogP contribution in [0.3, 0.4) is 0 Å². The molecule has 0 spiro atoms. The summed E-state index contributed by atoms with van der Waals surface area (Å²) in [5.74, 6) is 0.880. The van der Waals surface area contributed by atoms with Crippen LogP contribution in [0.4, 0.5) is 5.69 Å². The number of aliphatic hydroxyl groups is 1. The minimum Gasteiger partial charge on any atom is -0.497 e. The highest BCUT2D eigenvalue weighted by Gasteiger charge is 2.25. The Hall–Kier alpha value is -0.870. The van der Waals surface area contributed by atoms with Crippen molar-refractivity contribution in [3.05, 3.63) is 18.2 Å². The Kier molecular flexibility index (Phi) is 3.61. The lowest BCUT2D eigenvalue weighted by Gasteiger charge is -2.31. The molecule has 0 fully saturated rings. The number of thioether (sulfide) groups is 1. The van der Waals surface area contributed by atoms with E-state index in [0.717, 1.165) is 17.9 Å². The van der Waals surface area contributed by atoms with Crippen LogP contribution in [0.25, 0.3) is 0 Å². The van der Waals surface area contributed by atoms with Crippen molar-refractivity contribution in [1.29, 1.82) is 0 Å². The van der Waals surface area contributed by atoms with E-state index in [2.05, 4.69) is 12.2 Å². The molecule has 0 amide bonds. The Morgan fingerprint density at radius 3 is 3.00 bits per heavy atom. The van der Waals surface area contributed by atoms with E-state index in [-0.39, 0.29) is 6.61 Å². The van der Waals surface area contributed by atoms with Gasteiger partial charge in [-0.25, -0.2) is 0 Å². The molecule has 1 heterocycles. The first-order valence-electron chi connectivity index (χ1n) is 5.46. The molecule has 16 heavy (non-hydrogen) atoms. The number of benzene rings is 1. The summed E-state index contributed by atoms with van der Waals surface area (Å²) in [7, 11) is 1.68. The fraction of sp³-hybridized carbons (Fsp3) is 0.500. The molecule has 1 aliphatic heterocycles. The van der Waals surface area contributed by atoms with Crippen LogP contribution in [0.1, 0.15) is 13.3 Å². The van der Waals surface area contributed by atoms with Crippen molar-refractivity contribution in [3.8, 4) is 5.75 Å². The van der Waals surface area contributed by atoms with Crippen LogP contribution in [0.5, 0.6) is 5.75 Å². The Labute approximate surface area is 100 Å². The molecule has 3 nitrogen and oxygen atoms in total. The second-order valence-electron chi connectivity index (χ2n) is 3.96. The van der Waals surface area contributed by atoms with Crippen LogP contribution in [0, 0.1) is 0 Å². The van der Waals surface area contributed by atoms with Gasteiger partial charge in [0.1, 0.15) is 5.75 Å². The van der Waals surface area contributed by atoms with Gasteiger partial charge in [0.25, 0.3) is 0 Å². The van der Waals surface area contributed by atoms with E-state index < -0.39 is 0 Å². The zero-order valence-corrected chi connectivity index (χ0v) is 10.4. The third kappa shape index (κ3) is 2.28. The van der Waals surface area contributed by atoms with Gasteiger partial charge in [0.2, 0.25) is 0 Å². The zero-order chi connectivity index (χ0) is 11.5. The average Bonchev–Trinajstić information content (AvgIpc) is 2.30. The molecule has 0 bridgehead atoms. The summed E-state index contributed by atoms with van der Waals surface area (Å²) < 4.78 is 5.21. The molecule has 0 saturated heterocycles. The van der Waals surface area contributed by atoms with E-state index in [0.29, 0.717) is 11.3 Å². The SMILES string of the molecule is COc1ccc2c(c1)SC(CCO)C(C)N2. The van der Waals surface area contributed by atoms with Gasteiger partial charge in [-0.2, -0.15) is 0 Å². The number of methoxy groups -OCH3 is 1. The van der Waals surface area contributed by atoms with Crippen LogP contribution < -0.4 is 10.1 Å². The smallest absolute Gasteiger partial charge is 0.120 e. The van der Waals surface area contributed by atoms with Gasteiger partial charge in [0.05, 0.1) is 7.11 Å². The lowest BCUT2D eigenvalue weighted by Crippen LogP contribution is -2.32. The zero-order valence-electron chi connectivity index (χ0n) is 9.56. The predicted octanol–water partition coefficient (Wildman–Crippen LogP) is 2.35. The third-order valence-electron chi connectivity index (χ3n) is 2.82. The third-order valence-corrected chi connectivity index (χ3v) is 4.36. The van der Waals surface area contributed by atoms with Crippen molar-refractivity contribution in [2.75, 3.05) is 19.0 Å². The number of ether oxygens (including phenoxy) is 1. The highest BCUT2D eigenvalue weighted by atomic mass is 32.2. The first-order valence-corrected chi connectivity index (χ1v) is 6.34. The van der Waals surface area contributed by atoms with Crippen LogP contribution in [-0.4, -0.2) is 30.1 Å². The number of fused-ring (bicyclic) bond motifs is 1. The first-order chi connectivity index (χ1) is 7.74. The highest BCUT2D eigenvalue weighted by molar-refractivity contribution is 8.00. The number of aliphatic hydroxyl groups excluding tert-OH is 1. The van der Waals surface area contributed by atoms with E-state index in [1.165, 1.54) is 4.90 Å². The fourth-order valence-electron chi connectivity index (χ4n) is 1.89. The molecule has 1 aliphatic rings. The monoisotopic (exact) mass is 239 g/mol. The molecule has 0 aliphatic carbocycles. The summed E-state index contributed by atoms with van der Waals surface area (Å²) >= 11 is 1.82. The van der Waals surface area contributed by atoms with Crippen LogP contribution in [-0.2, 0) is 0 Å². The number of rotatable bonds is 3. The fourth-order valence-corrected chi connectivity index (χ4v) is 3.15. The maximum absolute atomic E-state index is 9.02. The molecule has 4 heteroatoms. The largest absolute Gasteiger partial charge is 0.497 e. The van der Waals surface area contributed by atoms with E-state index in [1.807, 2.05) is 30.0 Å². The molecular weight excluding hydrogens is 222 g/mol. The van der Waals surface area contributed by atoms with Crippen molar-refractivity contribution in [3.63, 3.8) is 0 Å². The minimum absolute atomic E-state index is 0.239. The summed E-state index contributed by atoms with van der Waals surface area (Å²) in [6.07, 6.45) is 0.815. The molecule has 1 aromatic rings. The van der Waals surface area contributed by atoms with E-state index >= 15 is 0 Å². The molecule has 2 unspecified atom stereocenters. The van der Waals surface area contributed by atoms with Gasteiger partial charge >= 0.3 is 0 Å². The number of hydrogen-bond acceptors (Lipinski definition) is 4. The Morgan fingerprint density at radius 1 is 1.50 bits per heavy atom. The van der Waals surface area contributed by atoms with Crippen molar-refractivity contribution in [2.45, 2.75) is 29.5 Å². The van der Waals surface area contributed by atoms with E-state index in [4.69, 9.17) is 9.84 Å². The summed E-state index contributed by atoms with van der Waals surface area (Å²) in [5, 5.41) is 12.9. The molecule has 0 aromatic heterocycles. The second-order valence-corrected chi connectivity index (χ2v) is 5.24. The van der Waals surface area contributed by atoms with Crippen LogP contribution in [0.15, 0.2) is 23.1 Å². The molecule has 0 saturated carbocycles. The van der Waals surface area contributed by atoms with Crippen molar-refractivity contribution >= 4 is 17.4 Å². The molecule has 0 radical (unpaired) electrons. The summed E-state index contributed by atoms with van der Waals surface area (Å²) in [6, 6.07) is 6.44. The van der Waals surface area contributed by atoms with E-state index in [1.54, 1.807) is 7.11 Å². The number of nitrogens with one attached hydrogen (secondary N) is 1. The molecular formula is C12H17NO2S. The van der Waals surface area contributed by atoms with Crippen molar-refractivity contribution < 1.29 is 9.84 Å². The Morgan fingerprint density at radius 2 is 2.31 bits per heavy atom. The van der Waals surface area contributed by atoms with Gasteiger partial charge in [-0.3, -0.25) is 0 Å². The summed E-state index contributed by atoms with van der Waals surface area (Å²) in [4.78, 5) is 1.20. The molecule has 1 aromatic carbocycles. The maximum atomic E-state index is 9.02. The number of hydrogen-bond donors (Lipinski definition) is 2. The van der Waals surface area contributed by atoms with Gasteiger partial charge in [0, 0.05) is 28.5 Å². The Balaban J connectivity index is 2.22. The molecule has 2 atom stereocenters. The summed E-state index contributed by atoms with van der Waals surface area (Å²) in [6.45, 7) is 2.39. The molecule has 88 valence electrons. The predicted molar refractivity (Wildman–Crippen MR) is 67.4 cm³/mol. The highest BCUT2D eigenvalue weighted by Crippen LogP contribution is 2.40. The van der Waals surface area contributed by atoms with Gasteiger partial charge in [-0.15, -0.1) is 11.8 Å². The van der Waals surface area contributed by atoms with Gasteiger partial charge in [-0.1, -0.05) is 0 Å².